The zero-order chi connectivity index (χ0) is 28.4. The predicted octanol–water partition coefficient (Wildman–Crippen LogP) is 6.46. The van der Waals surface area contributed by atoms with Crippen molar-refractivity contribution in [3.63, 3.8) is 0 Å². The van der Waals surface area contributed by atoms with Gasteiger partial charge < -0.3 is 15.4 Å². The molecule has 8 nitrogen and oxygen atoms in total. The van der Waals surface area contributed by atoms with Gasteiger partial charge in [0, 0.05) is 29.2 Å². The highest BCUT2D eigenvalue weighted by Crippen LogP contribution is 2.47. The molecule has 1 aliphatic rings. The lowest BCUT2D eigenvalue weighted by Crippen LogP contribution is -2.35. The number of rotatable bonds is 7. The van der Waals surface area contributed by atoms with E-state index < -0.39 is 23.0 Å². The number of aromatic nitrogens is 2. The largest absolute Gasteiger partial charge is 0.457 e. The van der Waals surface area contributed by atoms with Gasteiger partial charge in [0.05, 0.1) is 5.52 Å². The lowest BCUT2D eigenvalue weighted by molar-refractivity contribution is -0.131. The van der Waals surface area contributed by atoms with Crippen LogP contribution in [0.3, 0.4) is 0 Å². The summed E-state index contributed by atoms with van der Waals surface area (Å²) in [6, 6.07) is 25.5. The Hall–Kier alpha value is -5.62. The third kappa shape index (κ3) is 5.31. The molecule has 2 amide bonds. The molecule has 2 aromatic heterocycles. The van der Waals surface area contributed by atoms with Crippen molar-refractivity contribution in [2.75, 3.05) is 10.6 Å². The summed E-state index contributed by atoms with van der Waals surface area (Å²) in [5.74, 6) is -0.0400. The maximum Gasteiger partial charge on any atom is 0.240 e. The fraction of sp³-hybridized carbons (Fsp3) is 0.0938. The monoisotopic (exact) mass is 543 g/mol. The van der Waals surface area contributed by atoms with E-state index in [-0.39, 0.29) is 0 Å². The summed E-state index contributed by atoms with van der Waals surface area (Å²) in [5, 5.41) is 15.5. The number of fused-ring (bicyclic) bond motifs is 1. The van der Waals surface area contributed by atoms with Gasteiger partial charge in [-0.3, -0.25) is 14.6 Å². The zero-order valence-electron chi connectivity index (χ0n) is 21.6. The van der Waals surface area contributed by atoms with E-state index in [9.17, 15) is 14.0 Å². The highest BCUT2D eigenvalue weighted by molar-refractivity contribution is 6.16. The van der Waals surface area contributed by atoms with Gasteiger partial charge in [0.2, 0.25) is 11.8 Å². The molecule has 6 rings (SSSR count). The van der Waals surface area contributed by atoms with Gasteiger partial charge in [-0.1, -0.05) is 6.07 Å². The first-order valence-electron chi connectivity index (χ1n) is 12.9. The first kappa shape index (κ1) is 25.6. The van der Waals surface area contributed by atoms with E-state index >= 15 is 0 Å². The molecule has 1 saturated carbocycles. The number of ether oxygens (including phenoxy) is 1. The van der Waals surface area contributed by atoms with Crippen molar-refractivity contribution in [1.82, 2.24) is 9.97 Å². The van der Waals surface area contributed by atoms with Crippen LogP contribution in [0, 0.1) is 22.6 Å². The summed E-state index contributed by atoms with van der Waals surface area (Å²) in [7, 11) is 0. The van der Waals surface area contributed by atoms with Crippen LogP contribution < -0.4 is 15.4 Å². The van der Waals surface area contributed by atoms with Crippen molar-refractivity contribution in [2.45, 2.75) is 12.8 Å². The first-order chi connectivity index (χ1) is 19.9. The maximum absolute atomic E-state index is 13.2. The second-order valence-corrected chi connectivity index (χ2v) is 9.71. The summed E-state index contributed by atoms with van der Waals surface area (Å²) >= 11 is 0. The van der Waals surface area contributed by atoms with Crippen LogP contribution >= 0.6 is 0 Å². The van der Waals surface area contributed by atoms with Crippen molar-refractivity contribution >= 4 is 34.1 Å². The Morgan fingerprint density at radius 3 is 2.10 bits per heavy atom. The zero-order valence-corrected chi connectivity index (χ0v) is 21.6. The number of hydrogen-bond donors (Lipinski definition) is 2. The Bertz CT molecular complexity index is 1830. The molecule has 1 fully saturated rings. The van der Waals surface area contributed by atoms with Crippen LogP contribution in [0.5, 0.6) is 11.5 Å². The molecule has 0 bridgehead atoms. The molecule has 0 radical (unpaired) electrons. The average molecular weight is 544 g/mol. The van der Waals surface area contributed by atoms with Crippen LogP contribution in [0.2, 0.25) is 0 Å². The van der Waals surface area contributed by atoms with Crippen molar-refractivity contribution in [3.05, 3.63) is 109 Å². The minimum atomic E-state index is -1.15. The number of carbonyl (C=O) groups excluding carboxylic acids is 2. The Kier molecular flexibility index (Phi) is 6.57. The van der Waals surface area contributed by atoms with E-state index in [0.717, 1.165) is 22.0 Å². The maximum atomic E-state index is 13.2. The molecular formula is C32H22FN5O3. The van der Waals surface area contributed by atoms with E-state index in [0.29, 0.717) is 41.4 Å². The molecule has 1 aliphatic carbocycles. The summed E-state index contributed by atoms with van der Waals surface area (Å²) in [6.07, 6.45) is 4.13. The van der Waals surface area contributed by atoms with Gasteiger partial charge in [0.15, 0.2) is 0 Å². The number of carbonyl (C=O) groups is 2. The number of nitrogens with zero attached hydrogens (tertiary/aromatic N) is 3. The minimum absolute atomic E-state index is 0.341. The molecular weight excluding hydrogens is 521 g/mol. The van der Waals surface area contributed by atoms with Crippen LogP contribution in [0.25, 0.3) is 22.0 Å². The van der Waals surface area contributed by atoms with Crippen LogP contribution in [-0.4, -0.2) is 21.8 Å². The fourth-order valence-corrected chi connectivity index (χ4v) is 4.51. The molecule has 3 aromatic carbocycles. The van der Waals surface area contributed by atoms with Crippen LogP contribution in [-0.2, 0) is 9.59 Å². The molecule has 2 heterocycles. The Labute approximate surface area is 234 Å². The van der Waals surface area contributed by atoms with Crippen LogP contribution in [0.4, 0.5) is 15.8 Å². The molecule has 200 valence electrons. The van der Waals surface area contributed by atoms with Gasteiger partial charge >= 0.3 is 0 Å². The Morgan fingerprint density at radius 1 is 0.805 bits per heavy atom. The molecule has 9 heteroatoms. The lowest BCUT2D eigenvalue weighted by atomic mass is 10.0. The number of halogens is 1. The van der Waals surface area contributed by atoms with Gasteiger partial charge in [-0.05, 0) is 103 Å². The highest BCUT2D eigenvalue weighted by Gasteiger charge is 2.56. The SMILES string of the molecule is N#Cc1cc(-c2ccc3c(Oc4ccc(NC(=O)C5(C(=O)Nc6ccc(F)cc6)CC5)cc4)ccnc3c2)ccn1. The topological polar surface area (TPSA) is 117 Å². The average Bonchev–Trinajstić information content (AvgIpc) is 3.82. The number of benzene rings is 3. The van der Waals surface area contributed by atoms with E-state index in [1.807, 2.05) is 24.3 Å². The summed E-state index contributed by atoms with van der Waals surface area (Å²) in [6.45, 7) is 0. The van der Waals surface area contributed by atoms with Gasteiger partial charge in [-0.25, -0.2) is 9.37 Å². The number of hydrogen-bond acceptors (Lipinski definition) is 6. The molecule has 2 N–H and O–H groups in total. The molecule has 0 spiro atoms. The van der Waals surface area contributed by atoms with E-state index in [1.165, 1.54) is 24.3 Å². The van der Waals surface area contributed by atoms with Gasteiger partial charge in [-0.2, -0.15) is 5.26 Å². The number of amides is 2. The Balaban J connectivity index is 1.13. The standard InChI is InChI=1S/C32H22FN5O3/c33-22-2-4-23(5-3-22)37-30(39)32(13-14-32)31(40)38-24-6-8-26(9-7-24)41-29-12-16-36-28-18-20(1-10-27(28)29)21-11-15-35-25(17-21)19-34/h1-12,15-18H,13-14H2,(H,37,39)(H,38,40). The molecule has 0 aliphatic heterocycles. The summed E-state index contributed by atoms with van der Waals surface area (Å²) < 4.78 is 19.3. The number of anilines is 2. The second kappa shape index (κ2) is 10.5. The molecule has 0 unspecified atom stereocenters. The lowest BCUT2D eigenvalue weighted by Gasteiger charge is -2.16. The number of nitriles is 1. The van der Waals surface area contributed by atoms with Crippen LogP contribution in [0.15, 0.2) is 97.3 Å². The van der Waals surface area contributed by atoms with Crippen molar-refractivity contribution in [2.24, 2.45) is 5.41 Å². The molecule has 41 heavy (non-hydrogen) atoms. The summed E-state index contributed by atoms with van der Waals surface area (Å²) in [5.41, 5.74) is 2.65. The fourth-order valence-electron chi connectivity index (χ4n) is 4.51. The van der Waals surface area contributed by atoms with E-state index in [2.05, 4.69) is 26.7 Å². The smallest absolute Gasteiger partial charge is 0.240 e. The summed E-state index contributed by atoms with van der Waals surface area (Å²) in [4.78, 5) is 34.3. The molecule has 0 saturated heterocycles. The van der Waals surface area contributed by atoms with Gasteiger partial charge in [0.25, 0.3) is 0 Å². The first-order valence-corrected chi connectivity index (χ1v) is 12.9. The van der Waals surface area contributed by atoms with Crippen molar-refractivity contribution in [1.29, 1.82) is 5.26 Å². The third-order valence-corrected chi connectivity index (χ3v) is 6.97. The third-order valence-electron chi connectivity index (χ3n) is 6.97. The van der Waals surface area contributed by atoms with Crippen LogP contribution in [0.1, 0.15) is 18.5 Å². The Morgan fingerprint density at radius 2 is 1.44 bits per heavy atom. The minimum Gasteiger partial charge on any atom is -0.457 e. The molecule has 5 aromatic rings. The van der Waals surface area contributed by atoms with Crippen molar-refractivity contribution < 1.29 is 18.7 Å². The van der Waals surface area contributed by atoms with Gasteiger partial charge in [0.1, 0.15) is 34.5 Å². The predicted molar refractivity (Wildman–Crippen MR) is 152 cm³/mol. The van der Waals surface area contributed by atoms with E-state index in [4.69, 9.17) is 10.00 Å². The van der Waals surface area contributed by atoms with Gasteiger partial charge in [-0.15, -0.1) is 0 Å². The number of pyridine rings is 2. The van der Waals surface area contributed by atoms with Crippen molar-refractivity contribution in [3.8, 4) is 28.7 Å². The normalized spacial score (nSPS) is 13.2. The second-order valence-electron chi connectivity index (χ2n) is 9.71. The highest BCUT2D eigenvalue weighted by atomic mass is 19.1. The number of nitrogens with one attached hydrogen (secondary N) is 2. The quantitative estimate of drug-likeness (QED) is 0.228. The molecule has 0 atom stereocenters. The van der Waals surface area contributed by atoms with E-state index in [1.54, 1.807) is 48.8 Å².